The zero-order chi connectivity index (χ0) is 20.1. The third kappa shape index (κ3) is 2.57. The molecular formula is C24H34N4. The summed E-state index contributed by atoms with van der Waals surface area (Å²) < 4.78 is 0. The van der Waals surface area contributed by atoms with Crippen molar-refractivity contribution in [1.29, 1.82) is 0 Å². The quantitative estimate of drug-likeness (QED) is 0.667. The Morgan fingerprint density at radius 3 is 1.04 bits per heavy atom. The Morgan fingerprint density at radius 2 is 0.786 bits per heavy atom. The second-order valence-electron chi connectivity index (χ2n) is 8.85. The van der Waals surface area contributed by atoms with Crippen molar-refractivity contribution in [2.75, 3.05) is 47.8 Å². The van der Waals surface area contributed by atoms with Crippen molar-refractivity contribution in [1.82, 2.24) is 0 Å². The molecule has 4 heteroatoms. The number of nitrogens with zero attached hydrogens (tertiary/aromatic N) is 4. The molecule has 0 aromatic heterocycles. The summed E-state index contributed by atoms with van der Waals surface area (Å²) >= 11 is 0. The molecule has 2 heterocycles. The topological polar surface area (TPSA) is 13.0 Å². The van der Waals surface area contributed by atoms with Crippen LogP contribution in [0, 0.1) is 0 Å². The van der Waals surface area contributed by atoms with Gasteiger partial charge in [-0.05, 0) is 63.8 Å². The maximum Gasteiger partial charge on any atom is 0.109 e. The Hall–Kier alpha value is -2.36. The monoisotopic (exact) mass is 378 g/mol. The Kier molecular flexibility index (Phi) is 4.48. The fraction of sp³-hybridized carbons (Fsp3) is 0.500. The van der Waals surface area contributed by atoms with Gasteiger partial charge in [-0.25, -0.2) is 0 Å². The number of benzene rings is 2. The molecule has 150 valence electrons. The summed E-state index contributed by atoms with van der Waals surface area (Å²) in [5.74, 6) is 0. The van der Waals surface area contributed by atoms with Gasteiger partial charge < -0.3 is 19.6 Å². The fourth-order valence-corrected chi connectivity index (χ4v) is 5.14. The molecule has 0 spiro atoms. The van der Waals surface area contributed by atoms with Crippen molar-refractivity contribution in [3.8, 4) is 0 Å². The minimum Gasteiger partial charge on any atom is -0.350 e. The van der Waals surface area contributed by atoms with Crippen LogP contribution >= 0.6 is 0 Å². The van der Waals surface area contributed by atoms with E-state index in [-0.39, 0.29) is 11.3 Å². The van der Waals surface area contributed by atoms with Crippen LogP contribution < -0.4 is 19.6 Å². The first-order valence-corrected chi connectivity index (χ1v) is 10.4. The predicted octanol–water partition coefficient (Wildman–Crippen LogP) is 5.15. The van der Waals surface area contributed by atoms with Crippen molar-refractivity contribution in [3.05, 3.63) is 48.5 Å². The highest BCUT2D eigenvalue weighted by atomic mass is 15.4. The zero-order valence-electron chi connectivity index (χ0n) is 18.2. The summed E-state index contributed by atoms with van der Waals surface area (Å²) in [7, 11) is 8.94. The van der Waals surface area contributed by atoms with Gasteiger partial charge >= 0.3 is 0 Å². The van der Waals surface area contributed by atoms with Gasteiger partial charge in [0.2, 0.25) is 0 Å². The van der Waals surface area contributed by atoms with Gasteiger partial charge in [-0.15, -0.1) is 0 Å². The Morgan fingerprint density at radius 1 is 0.536 bits per heavy atom. The first-order chi connectivity index (χ1) is 13.3. The highest BCUT2D eigenvalue weighted by Crippen LogP contribution is 2.47. The Bertz CT molecular complexity index is 732. The number of anilines is 4. The van der Waals surface area contributed by atoms with Crippen LogP contribution in [0.5, 0.6) is 0 Å². The minimum atomic E-state index is 0.0427. The van der Waals surface area contributed by atoms with Crippen molar-refractivity contribution < 1.29 is 0 Å². The number of para-hydroxylation sites is 4. The number of unbranched alkanes of at least 4 members (excludes halogenated alkanes) is 1. The van der Waals surface area contributed by atoms with Crippen molar-refractivity contribution in [2.24, 2.45) is 0 Å². The summed E-state index contributed by atoms with van der Waals surface area (Å²) in [6.45, 7) is 4.75. The molecule has 0 atom stereocenters. The molecule has 0 saturated carbocycles. The molecule has 0 amide bonds. The molecule has 0 bridgehead atoms. The summed E-state index contributed by atoms with van der Waals surface area (Å²) in [4.78, 5) is 9.81. The van der Waals surface area contributed by atoms with Crippen LogP contribution in [0.2, 0.25) is 0 Å². The molecule has 0 aliphatic carbocycles. The minimum absolute atomic E-state index is 0.0427. The molecule has 2 aromatic carbocycles. The summed E-state index contributed by atoms with van der Waals surface area (Å²) in [5.41, 5.74) is 5.44. The molecule has 2 aliphatic rings. The molecule has 0 fully saturated rings. The van der Waals surface area contributed by atoms with Gasteiger partial charge in [0.05, 0.1) is 22.7 Å². The molecule has 2 aliphatic heterocycles. The van der Waals surface area contributed by atoms with E-state index in [1.165, 1.54) is 35.6 Å². The van der Waals surface area contributed by atoms with E-state index in [0.29, 0.717) is 0 Å². The van der Waals surface area contributed by atoms with Crippen molar-refractivity contribution >= 4 is 22.7 Å². The summed E-state index contributed by atoms with van der Waals surface area (Å²) in [6.07, 6.45) is 4.75. The van der Waals surface area contributed by atoms with E-state index in [1.807, 2.05) is 0 Å². The van der Waals surface area contributed by atoms with E-state index in [9.17, 15) is 0 Å². The SMILES string of the molecule is CN1c2ccccc2N(C)C1(C)CCCCC1(C)N(C)c2ccccc2N1C. The summed E-state index contributed by atoms with van der Waals surface area (Å²) in [6, 6.07) is 17.5. The lowest BCUT2D eigenvalue weighted by Crippen LogP contribution is -2.52. The van der Waals surface area contributed by atoms with E-state index in [1.54, 1.807) is 0 Å². The second kappa shape index (κ2) is 6.61. The van der Waals surface area contributed by atoms with Crippen LogP contribution in [0.25, 0.3) is 0 Å². The van der Waals surface area contributed by atoms with Crippen molar-refractivity contribution in [3.63, 3.8) is 0 Å². The third-order valence-corrected chi connectivity index (χ3v) is 7.65. The second-order valence-corrected chi connectivity index (χ2v) is 8.85. The average Bonchev–Trinajstić information content (AvgIpc) is 3.03. The van der Waals surface area contributed by atoms with Gasteiger partial charge in [-0.1, -0.05) is 24.3 Å². The largest absolute Gasteiger partial charge is 0.350 e. The Balaban J connectivity index is 1.40. The average molecular weight is 379 g/mol. The molecule has 4 rings (SSSR count). The molecule has 2 aromatic rings. The highest BCUT2D eigenvalue weighted by Gasteiger charge is 2.43. The molecule has 0 radical (unpaired) electrons. The van der Waals surface area contributed by atoms with Crippen LogP contribution in [0.3, 0.4) is 0 Å². The van der Waals surface area contributed by atoms with Gasteiger partial charge in [0, 0.05) is 28.2 Å². The normalized spacial score (nSPS) is 19.2. The predicted molar refractivity (Wildman–Crippen MR) is 122 cm³/mol. The van der Waals surface area contributed by atoms with Gasteiger partial charge in [0.1, 0.15) is 11.3 Å². The van der Waals surface area contributed by atoms with E-state index in [4.69, 9.17) is 0 Å². The third-order valence-electron chi connectivity index (χ3n) is 7.65. The molecular weight excluding hydrogens is 344 g/mol. The van der Waals surface area contributed by atoms with Crippen LogP contribution in [0.4, 0.5) is 22.7 Å². The van der Waals surface area contributed by atoms with Crippen LogP contribution in [-0.2, 0) is 0 Å². The zero-order valence-corrected chi connectivity index (χ0v) is 18.2. The maximum absolute atomic E-state index is 2.45. The standard InChI is InChI=1S/C24H34N4/c1-23(25(3)19-13-7-8-14-20(19)26(23)4)17-11-12-18-24(2)27(5)21-15-9-10-16-22(21)28(24)6/h7-10,13-16H,11-12,17-18H2,1-6H3. The van der Waals surface area contributed by atoms with Crippen LogP contribution in [0.15, 0.2) is 48.5 Å². The molecule has 0 N–H and O–H groups in total. The van der Waals surface area contributed by atoms with Crippen LogP contribution in [0.1, 0.15) is 39.5 Å². The molecule has 28 heavy (non-hydrogen) atoms. The van der Waals surface area contributed by atoms with E-state index in [2.05, 4.69) is 110 Å². The molecule has 0 unspecified atom stereocenters. The Labute approximate surface area is 170 Å². The van der Waals surface area contributed by atoms with E-state index in [0.717, 1.165) is 12.8 Å². The number of rotatable bonds is 5. The lowest BCUT2D eigenvalue weighted by Gasteiger charge is -2.42. The lowest BCUT2D eigenvalue weighted by atomic mass is 9.97. The fourth-order valence-electron chi connectivity index (χ4n) is 5.14. The first-order valence-electron chi connectivity index (χ1n) is 10.4. The smallest absolute Gasteiger partial charge is 0.109 e. The van der Waals surface area contributed by atoms with Gasteiger partial charge in [-0.3, -0.25) is 0 Å². The summed E-state index contributed by atoms with van der Waals surface area (Å²) in [5, 5.41) is 0. The molecule has 4 nitrogen and oxygen atoms in total. The number of fused-ring (bicyclic) bond motifs is 2. The van der Waals surface area contributed by atoms with Crippen molar-refractivity contribution in [2.45, 2.75) is 50.9 Å². The lowest BCUT2D eigenvalue weighted by molar-refractivity contribution is 0.364. The molecule has 0 saturated heterocycles. The van der Waals surface area contributed by atoms with E-state index < -0.39 is 0 Å². The first kappa shape index (κ1) is 19.0. The van der Waals surface area contributed by atoms with E-state index >= 15 is 0 Å². The van der Waals surface area contributed by atoms with Gasteiger partial charge in [-0.2, -0.15) is 0 Å². The van der Waals surface area contributed by atoms with Crippen LogP contribution in [-0.4, -0.2) is 39.5 Å². The number of hydrogen-bond donors (Lipinski definition) is 0. The number of hydrogen-bond acceptors (Lipinski definition) is 4. The van der Waals surface area contributed by atoms with Gasteiger partial charge in [0.15, 0.2) is 0 Å². The maximum atomic E-state index is 2.45. The van der Waals surface area contributed by atoms with Gasteiger partial charge in [0.25, 0.3) is 0 Å². The highest BCUT2D eigenvalue weighted by molar-refractivity contribution is 5.79.